The molecule has 7 rings (SSSR count). The monoisotopic (exact) mass is 1040 g/mol. The quantitative estimate of drug-likeness (QED) is 0.0361. The summed E-state index contributed by atoms with van der Waals surface area (Å²) < 4.78 is 0. The highest BCUT2D eigenvalue weighted by atomic mass is 14.6. The molecule has 4 aromatic carbocycles. The fourth-order valence-electron chi connectivity index (χ4n) is 12.0. The molecule has 0 aliphatic heterocycles. The molecule has 3 heteroatoms. The zero-order valence-corrected chi connectivity index (χ0v) is 49.0. The third-order valence-corrected chi connectivity index (χ3v) is 16.5. The van der Waals surface area contributed by atoms with Crippen LogP contribution in [0.3, 0.4) is 0 Å². The molecule has 0 N–H and O–H groups in total. The van der Waals surface area contributed by atoms with E-state index < -0.39 is 0 Å². The van der Waals surface area contributed by atoms with E-state index in [1.807, 2.05) is 18.6 Å². The average Bonchev–Trinajstić information content (AvgIpc) is 3.51. The fourth-order valence-corrected chi connectivity index (χ4v) is 12.0. The maximum atomic E-state index is 4.85. The van der Waals surface area contributed by atoms with Crippen LogP contribution >= 0.6 is 0 Å². The zero-order chi connectivity index (χ0) is 54.1. The van der Waals surface area contributed by atoms with E-state index in [9.17, 15) is 0 Å². The molecule has 0 bridgehead atoms. The van der Waals surface area contributed by atoms with Gasteiger partial charge in [-0.15, -0.1) is 0 Å². The normalized spacial score (nSPS) is 11.4. The molecule has 0 spiro atoms. The Hall–Kier alpha value is -5.67. The van der Waals surface area contributed by atoms with Crippen LogP contribution < -0.4 is 0 Å². The molecule has 0 saturated carbocycles. The van der Waals surface area contributed by atoms with Crippen molar-refractivity contribution in [1.29, 1.82) is 0 Å². The van der Waals surface area contributed by atoms with Gasteiger partial charge in [0.05, 0.1) is 0 Å². The number of hydrogen-bond acceptors (Lipinski definition) is 3. The van der Waals surface area contributed by atoms with Crippen LogP contribution in [0.1, 0.15) is 230 Å². The standard InChI is InChI=1S/C75H99N3/c1-4-7-10-13-16-19-22-25-28-31-37-61-43-49-64(50-44-61)70-71(65-51-45-62(46-52-65)38-32-29-26-23-20-17-14-11-8-5-2)74(68-41-35-56-77-59-68)75(69-42-36-57-78-60-69)72(73(70)67-40-34-55-76-58-67)66-53-47-63(48-54-66)39-33-30-27-24-21-18-15-12-9-6-3/h34-36,40-60H,4-33,37-39H2,1-3H3. The van der Waals surface area contributed by atoms with Gasteiger partial charge in [0, 0.05) is 70.6 Å². The molecular formula is C75H99N3. The van der Waals surface area contributed by atoms with E-state index in [0.717, 1.165) is 36.0 Å². The van der Waals surface area contributed by atoms with Gasteiger partial charge in [0.1, 0.15) is 0 Å². The summed E-state index contributed by atoms with van der Waals surface area (Å²) >= 11 is 0. The molecular weight excluding hydrogens is 943 g/mol. The molecule has 0 atom stereocenters. The first-order valence-electron chi connectivity index (χ1n) is 31.9. The predicted octanol–water partition coefficient (Wildman–Crippen LogP) is 23.3. The van der Waals surface area contributed by atoms with Gasteiger partial charge in [0.25, 0.3) is 0 Å². The second-order valence-corrected chi connectivity index (χ2v) is 22.9. The van der Waals surface area contributed by atoms with Crippen LogP contribution in [-0.4, -0.2) is 15.0 Å². The summed E-state index contributed by atoms with van der Waals surface area (Å²) in [5, 5.41) is 0. The lowest BCUT2D eigenvalue weighted by Crippen LogP contribution is -2.03. The Morgan fingerprint density at radius 3 is 0.628 bits per heavy atom. The Morgan fingerprint density at radius 2 is 0.423 bits per heavy atom. The smallest absolute Gasteiger partial charge is 0.0346 e. The average molecular weight is 1040 g/mol. The summed E-state index contributed by atoms with van der Waals surface area (Å²) in [7, 11) is 0. The van der Waals surface area contributed by atoms with Gasteiger partial charge in [0.15, 0.2) is 0 Å². The minimum Gasteiger partial charge on any atom is -0.264 e. The van der Waals surface area contributed by atoms with Crippen molar-refractivity contribution in [3.63, 3.8) is 0 Å². The second-order valence-electron chi connectivity index (χ2n) is 22.9. The van der Waals surface area contributed by atoms with Gasteiger partial charge >= 0.3 is 0 Å². The molecule has 0 radical (unpaired) electrons. The number of rotatable bonds is 39. The Kier molecular flexibility index (Phi) is 27.5. The van der Waals surface area contributed by atoms with Crippen molar-refractivity contribution >= 4 is 0 Å². The van der Waals surface area contributed by atoms with Crippen molar-refractivity contribution in [1.82, 2.24) is 15.0 Å². The molecule has 0 fully saturated rings. The van der Waals surface area contributed by atoms with Crippen molar-refractivity contribution in [3.05, 3.63) is 163 Å². The molecule has 0 unspecified atom stereocenters. The third-order valence-electron chi connectivity index (χ3n) is 16.5. The second kappa shape index (κ2) is 35.8. The summed E-state index contributed by atoms with van der Waals surface area (Å²) in [6, 6.07) is 42.0. The summed E-state index contributed by atoms with van der Waals surface area (Å²) in [4.78, 5) is 14.5. The van der Waals surface area contributed by atoms with E-state index in [4.69, 9.17) is 15.0 Å². The molecule has 3 aromatic heterocycles. The van der Waals surface area contributed by atoms with Gasteiger partial charge in [-0.2, -0.15) is 0 Å². The van der Waals surface area contributed by atoms with Gasteiger partial charge in [-0.1, -0.05) is 285 Å². The van der Waals surface area contributed by atoms with Gasteiger partial charge < -0.3 is 0 Å². The zero-order valence-electron chi connectivity index (χ0n) is 49.0. The first kappa shape index (κ1) is 60.0. The number of pyridine rings is 3. The first-order valence-corrected chi connectivity index (χ1v) is 31.9. The molecule has 414 valence electrons. The van der Waals surface area contributed by atoms with Crippen LogP contribution in [0.2, 0.25) is 0 Å². The van der Waals surface area contributed by atoms with Crippen LogP contribution in [-0.2, 0) is 19.3 Å². The van der Waals surface area contributed by atoms with E-state index >= 15 is 0 Å². The van der Waals surface area contributed by atoms with Crippen LogP contribution in [0.15, 0.2) is 146 Å². The maximum Gasteiger partial charge on any atom is 0.0346 e. The lowest BCUT2D eigenvalue weighted by molar-refractivity contribution is 0.556. The number of unbranched alkanes of at least 4 members (excludes halogenated alkanes) is 27. The number of aromatic nitrogens is 3. The highest BCUT2D eigenvalue weighted by molar-refractivity contribution is 6.14. The highest BCUT2D eigenvalue weighted by Gasteiger charge is 2.29. The summed E-state index contributed by atoms with van der Waals surface area (Å²) in [6.45, 7) is 6.91. The molecule has 78 heavy (non-hydrogen) atoms. The lowest BCUT2D eigenvalue weighted by atomic mass is 9.74. The number of hydrogen-bond donors (Lipinski definition) is 0. The molecule has 0 aliphatic rings. The van der Waals surface area contributed by atoms with Gasteiger partial charge in [0.2, 0.25) is 0 Å². The minimum atomic E-state index is 1.09. The summed E-state index contributed by atoms with van der Waals surface area (Å²) in [6.07, 6.45) is 55.8. The molecule has 3 nitrogen and oxygen atoms in total. The van der Waals surface area contributed by atoms with Crippen molar-refractivity contribution in [3.8, 4) is 66.8 Å². The topological polar surface area (TPSA) is 38.7 Å². The van der Waals surface area contributed by atoms with E-state index in [2.05, 4.69) is 149 Å². The summed E-state index contributed by atoms with van der Waals surface area (Å²) in [5.41, 5.74) is 18.3. The number of benzene rings is 4. The molecule has 0 aliphatic carbocycles. The minimum absolute atomic E-state index is 1.09. The van der Waals surface area contributed by atoms with E-state index in [1.54, 1.807) is 0 Å². The molecule has 3 heterocycles. The SMILES string of the molecule is CCCCCCCCCCCCc1ccc(-c2c(-c3ccc(CCCCCCCCCCCC)cc3)c(-c3cccnc3)c(-c3cccnc3)c(-c3ccc(CCCCCCCCCCCC)cc3)c2-c2cccnc2)cc1. The Labute approximate surface area is 475 Å². The third kappa shape index (κ3) is 19.3. The van der Waals surface area contributed by atoms with Crippen molar-refractivity contribution in [2.45, 2.75) is 233 Å². The van der Waals surface area contributed by atoms with Crippen molar-refractivity contribution < 1.29 is 0 Å². The summed E-state index contributed by atoms with van der Waals surface area (Å²) in [5.74, 6) is 0. The predicted molar refractivity (Wildman–Crippen MR) is 339 cm³/mol. The Morgan fingerprint density at radius 1 is 0.218 bits per heavy atom. The Balaban J connectivity index is 1.28. The van der Waals surface area contributed by atoms with E-state index in [-0.39, 0.29) is 0 Å². The molecule has 0 amide bonds. The maximum absolute atomic E-state index is 4.85. The van der Waals surface area contributed by atoms with Gasteiger partial charge in [-0.05, 0) is 107 Å². The molecule has 0 saturated heterocycles. The van der Waals surface area contributed by atoms with Crippen molar-refractivity contribution in [2.24, 2.45) is 0 Å². The van der Waals surface area contributed by atoms with Gasteiger partial charge in [-0.3, -0.25) is 15.0 Å². The Bertz CT molecular complexity index is 2650. The largest absolute Gasteiger partial charge is 0.264 e. The molecule has 7 aromatic rings. The lowest BCUT2D eigenvalue weighted by Gasteiger charge is -2.28. The van der Waals surface area contributed by atoms with Crippen LogP contribution in [0, 0.1) is 0 Å². The van der Waals surface area contributed by atoms with Crippen molar-refractivity contribution in [2.75, 3.05) is 0 Å². The fraction of sp³-hybridized carbons (Fsp3) is 0.480. The first-order chi connectivity index (χ1) is 38.7. The highest BCUT2D eigenvalue weighted by Crippen LogP contribution is 2.55. The van der Waals surface area contributed by atoms with Crippen LogP contribution in [0.25, 0.3) is 66.8 Å². The van der Waals surface area contributed by atoms with Gasteiger partial charge in [-0.25, -0.2) is 0 Å². The number of nitrogens with zero attached hydrogens (tertiary/aromatic N) is 3. The van der Waals surface area contributed by atoms with E-state index in [1.165, 1.54) is 259 Å². The van der Waals surface area contributed by atoms with Crippen LogP contribution in [0.5, 0.6) is 0 Å². The van der Waals surface area contributed by atoms with Crippen LogP contribution in [0.4, 0.5) is 0 Å². The van der Waals surface area contributed by atoms with E-state index in [0.29, 0.717) is 0 Å². The number of aryl methyl sites for hydroxylation is 3.